The summed E-state index contributed by atoms with van der Waals surface area (Å²) in [5, 5.41) is 0.786. The largest absolute Gasteiger partial charge is 0.481 e. The van der Waals surface area contributed by atoms with Crippen LogP contribution in [-0.4, -0.2) is 24.2 Å². The van der Waals surface area contributed by atoms with E-state index in [9.17, 15) is 4.79 Å². The van der Waals surface area contributed by atoms with Crippen molar-refractivity contribution in [1.82, 2.24) is 4.98 Å². The topological polar surface area (TPSA) is 74.4 Å². The molecule has 1 heterocycles. The molecule has 0 unspecified atom stereocenters. The van der Waals surface area contributed by atoms with Crippen molar-refractivity contribution >= 4 is 22.6 Å². The molecule has 20 heavy (non-hydrogen) atoms. The number of nitrogen functional groups attached to an aromatic ring is 1. The summed E-state index contributed by atoms with van der Waals surface area (Å²) in [6.45, 7) is 2.36. The van der Waals surface area contributed by atoms with Crippen molar-refractivity contribution in [3.63, 3.8) is 0 Å². The van der Waals surface area contributed by atoms with Gasteiger partial charge in [-0.05, 0) is 30.7 Å². The first kappa shape index (κ1) is 14.1. The molecule has 0 bridgehead atoms. The normalized spacial score (nSPS) is 10.4. The lowest BCUT2D eigenvalue weighted by atomic mass is 10.2. The van der Waals surface area contributed by atoms with Crippen molar-refractivity contribution < 1.29 is 14.3 Å². The maximum absolute atomic E-state index is 11.5. The van der Waals surface area contributed by atoms with Crippen LogP contribution < -0.4 is 10.5 Å². The number of carbonyl (C=O) groups excluding carboxylic acids is 1. The molecule has 2 rings (SSSR count). The minimum atomic E-state index is -0.368. The van der Waals surface area contributed by atoms with Gasteiger partial charge in [-0.1, -0.05) is 13.3 Å². The fourth-order valence-corrected chi connectivity index (χ4v) is 1.80. The summed E-state index contributed by atoms with van der Waals surface area (Å²) < 4.78 is 10.5. The van der Waals surface area contributed by atoms with Gasteiger partial charge in [0, 0.05) is 11.6 Å². The third-order valence-electron chi connectivity index (χ3n) is 2.87. The third kappa shape index (κ3) is 3.38. The molecule has 0 saturated heterocycles. The number of carbonyl (C=O) groups is 1. The van der Waals surface area contributed by atoms with Crippen molar-refractivity contribution in [3.8, 4) is 5.75 Å². The summed E-state index contributed by atoms with van der Waals surface area (Å²) >= 11 is 0. The Morgan fingerprint density at radius 1 is 1.35 bits per heavy atom. The van der Waals surface area contributed by atoms with E-state index in [1.165, 1.54) is 0 Å². The van der Waals surface area contributed by atoms with Crippen molar-refractivity contribution in [3.05, 3.63) is 30.5 Å². The van der Waals surface area contributed by atoms with Crippen LogP contribution in [0.1, 0.15) is 19.8 Å². The molecule has 0 fully saturated rings. The Bertz CT molecular complexity index is 599. The van der Waals surface area contributed by atoms with E-state index in [4.69, 9.17) is 15.2 Å². The molecule has 2 N–H and O–H groups in total. The minimum Gasteiger partial charge on any atom is -0.481 e. The van der Waals surface area contributed by atoms with Crippen LogP contribution in [0, 0.1) is 0 Å². The molecule has 106 valence electrons. The van der Waals surface area contributed by atoms with Gasteiger partial charge in [-0.25, -0.2) is 4.79 Å². The van der Waals surface area contributed by atoms with E-state index in [0.29, 0.717) is 23.6 Å². The van der Waals surface area contributed by atoms with Crippen LogP contribution in [0.4, 0.5) is 5.69 Å². The summed E-state index contributed by atoms with van der Waals surface area (Å²) in [5.74, 6) is 0.210. The molecule has 0 aliphatic rings. The van der Waals surface area contributed by atoms with Gasteiger partial charge in [0.2, 0.25) is 0 Å². The molecule has 5 heteroatoms. The number of benzene rings is 1. The van der Waals surface area contributed by atoms with Gasteiger partial charge in [0.1, 0.15) is 5.75 Å². The molecule has 5 nitrogen and oxygen atoms in total. The lowest BCUT2D eigenvalue weighted by Crippen LogP contribution is -2.15. The van der Waals surface area contributed by atoms with Crippen molar-refractivity contribution in [2.45, 2.75) is 19.8 Å². The van der Waals surface area contributed by atoms with Crippen LogP contribution in [0.25, 0.3) is 10.9 Å². The number of anilines is 1. The molecule has 1 aromatic carbocycles. The number of nitrogens with zero attached hydrogens (tertiary/aromatic N) is 1. The number of pyridine rings is 1. The highest BCUT2D eigenvalue weighted by atomic mass is 16.6. The molecule has 0 amide bonds. The standard InChI is InChI=1S/C15H18N2O3/c1-2-3-9-19-14(18)10-20-13-7-6-12(16)15-11(13)5-4-8-17-15/h4-8H,2-3,9-10,16H2,1H3. The van der Waals surface area contributed by atoms with E-state index in [-0.39, 0.29) is 12.6 Å². The van der Waals surface area contributed by atoms with Crippen molar-refractivity contribution in [2.24, 2.45) is 0 Å². The summed E-state index contributed by atoms with van der Waals surface area (Å²) in [6.07, 6.45) is 3.52. The number of aromatic nitrogens is 1. The second-order valence-corrected chi connectivity index (χ2v) is 4.42. The predicted molar refractivity (Wildman–Crippen MR) is 77.5 cm³/mol. The zero-order valence-electron chi connectivity index (χ0n) is 11.5. The number of unbranched alkanes of at least 4 members (excludes halogenated alkanes) is 1. The highest BCUT2D eigenvalue weighted by Gasteiger charge is 2.09. The summed E-state index contributed by atoms with van der Waals surface area (Å²) in [7, 11) is 0. The molecule has 2 aromatic rings. The van der Waals surface area contributed by atoms with E-state index in [1.54, 1.807) is 24.4 Å². The highest BCUT2D eigenvalue weighted by Crippen LogP contribution is 2.28. The highest BCUT2D eigenvalue weighted by molar-refractivity contribution is 5.93. The Morgan fingerprint density at radius 3 is 3.00 bits per heavy atom. The van der Waals surface area contributed by atoms with Crippen LogP contribution in [0.3, 0.4) is 0 Å². The molecule has 0 aliphatic heterocycles. The smallest absolute Gasteiger partial charge is 0.344 e. The predicted octanol–water partition coefficient (Wildman–Crippen LogP) is 2.54. The number of ether oxygens (including phenoxy) is 2. The van der Waals surface area contributed by atoms with Gasteiger partial charge < -0.3 is 15.2 Å². The molecule has 0 spiro atoms. The number of rotatable bonds is 6. The Balaban J connectivity index is 2.03. The molecular weight excluding hydrogens is 256 g/mol. The van der Waals surface area contributed by atoms with E-state index >= 15 is 0 Å². The Labute approximate surface area is 117 Å². The first-order valence-electron chi connectivity index (χ1n) is 6.64. The first-order chi connectivity index (χ1) is 9.72. The van der Waals surface area contributed by atoms with Gasteiger partial charge in [-0.15, -0.1) is 0 Å². The second kappa shape index (κ2) is 6.75. The summed E-state index contributed by atoms with van der Waals surface area (Å²) in [6, 6.07) is 7.11. The lowest BCUT2D eigenvalue weighted by Gasteiger charge is -2.10. The van der Waals surface area contributed by atoms with Crippen LogP contribution in [0.5, 0.6) is 5.75 Å². The quantitative estimate of drug-likeness (QED) is 0.498. The average Bonchev–Trinajstić information content (AvgIpc) is 2.47. The van der Waals surface area contributed by atoms with Crippen LogP contribution >= 0.6 is 0 Å². The number of nitrogens with two attached hydrogens (primary N) is 1. The zero-order chi connectivity index (χ0) is 14.4. The molecule has 0 atom stereocenters. The Hall–Kier alpha value is -2.30. The van der Waals surface area contributed by atoms with E-state index < -0.39 is 0 Å². The number of hydrogen-bond acceptors (Lipinski definition) is 5. The fourth-order valence-electron chi connectivity index (χ4n) is 1.80. The van der Waals surface area contributed by atoms with Crippen molar-refractivity contribution in [2.75, 3.05) is 18.9 Å². The van der Waals surface area contributed by atoms with Gasteiger partial charge in [0.15, 0.2) is 6.61 Å². The van der Waals surface area contributed by atoms with E-state index in [0.717, 1.165) is 18.2 Å². The monoisotopic (exact) mass is 274 g/mol. The second-order valence-electron chi connectivity index (χ2n) is 4.42. The van der Waals surface area contributed by atoms with Crippen LogP contribution in [0.2, 0.25) is 0 Å². The first-order valence-corrected chi connectivity index (χ1v) is 6.64. The number of esters is 1. The third-order valence-corrected chi connectivity index (χ3v) is 2.87. The van der Waals surface area contributed by atoms with Crippen LogP contribution in [0.15, 0.2) is 30.5 Å². The average molecular weight is 274 g/mol. The Kier molecular flexibility index (Phi) is 4.76. The van der Waals surface area contributed by atoms with E-state index in [2.05, 4.69) is 4.98 Å². The van der Waals surface area contributed by atoms with E-state index in [1.807, 2.05) is 13.0 Å². The lowest BCUT2D eigenvalue weighted by molar-refractivity contribution is -0.146. The van der Waals surface area contributed by atoms with Gasteiger partial charge in [-0.3, -0.25) is 4.98 Å². The Morgan fingerprint density at radius 2 is 2.20 bits per heavy atom. The van der Waals surface area contributed by atoms with Crippen LogP contribution in [-0.2, 0) is 9.53 Å². The maximum Gasteiger partial charge on any atom is 0.344 e. The summed E-state index contributed by atoms with van der Waals surface area (Å²) in [4.78, 5) is 15.7. The number of hydrogen-bond donors (Lipinski definition) is 1. The SMILES string of the molecule is CCCCOC(=O)COc1ccc(N)c2ncccc12. The number of fused-ring (bicyclic) bond motifs is 1. The minimum absolute atomic E-state index is 0.113. The van der Waals surface area contributed by atoms with Gasteiger partial charge in [0.25, 0.3) is 0 Å². The maximum atomic E-state index is 11.5. The fraction of sp³-hybridized carbons (Fsp3) is 0.333. The van der Waals surface area contributed by atoms with Crippen molar-refractivity contribution in [1.29, 1.82) is 0 Å². The molecule has 0 saturated carbocycles. The van der Waals surface area contributed by atoms with Gasteiger partial charge in [0.05, 0.1) is 17.8 Å². The molecule has 0 radical (unpaired) electrons. The molecule has 1 aromatic heterocycles. The molecule has 0 aliphatic carbocycles. The van der Waals surface area contributed by atoms with Gasteiger partial charge in [-0.2, -0.15) is 0 Å². The molecular formula is C15H18N2O3. The summed E-state index contributed by atoms with van der Waals surface area (Å²) in [5.41, 5.74) is 7.11. The van der Waals surface area contributed by atoms with Gasteiger partial charge >= 0.3 is 5.97 Å². The zero-order valence-corrected chi connectivity index (χ0v) is 11.5.